The first kappa shape index (κ1) is 11.5. The van der Waals surface area contributed by atoms with Crippen molar-refractivity contribution in [3.63, 3.8) is 0 Å². The highest BCUT2D eigenvalue weighted by molar-refractivity contribution is 6.30. The van der Waals surface area contributed by atoms with Gasteiger partial charge >= 0.3 is 0 Å². The smallest absolute Gasteiger partial charge is 0.0443 e. The van der Waals surface area contributed by atoms with E-state index in [2.05, 4.69) is 11.0 Å². The summed E-state index contributed by atoms with van der Waals surface area (Å²) in [5, 5.41) is 9.45. The molecule has 0 bridgehead atoms. The summed E-state index contributed by atoms with van der Waals surface area (Å²) in [7, 11) is 2.04. The van der Waals surface area contributed by atoms with Crippen LogP contribution in [0.25, 0.3) is 0 Å². The minimum Gasteiger partial charge on any atom is -0.396 e. The van der Waals surface area contributed by atoms with Crippen LogP contribution in [-0.4, -0.2) is 30.2 Å². The van der Waals surface area contributed by atoms with Crippen molar-refractivity contribution < 1.29 is 5.11 Å². The van der Waals surface area contributed by atoms with Gasteiger partial charge in [0, 0.05) is 24.7 Å². The number of nitrogens with zero attached hydrogens (tertiary/aromatic N) is 1. The largest absolute Gasteiger partial charge is 0.396 e. The lowest BCUT2D eigenvalue weighted by Crippen LogP contribution is -2.19. The summed E-state index contributed by atoms with van der Waals surface area (Å²) in [5.74, 6) is 0. The van der Waals surface area contributed by atoms with E-state index in [0.29, 0.717) is 0 Å². The van der Waals surface area contributed by atoms with Crippen LogP contribution < -0.4 is 0 Å². The van der Waals surface area contributed by atoms with Crippen molar-refractivity contribution >= 4 is 11.6 Å². The average molecular weight is 214 g/mol. The first-order valence-corrected chi connectivity index (χ1v) is 5.14. The molecule has 1 aromatic rings. The molecule has 0 saturated carbocycles. The maximum absolute atomic E-state index is 8.68. The Morgan fingerprint density at radius 1 is 1.43 bits per heavy atom. The molecule has 0 spiro atoms. The number of benzene rings is 1. The fourth-order valence-corrected chi connectivity index (χ4v) is 1.58. The lowest BCUT2D eigenvalue weighted by atomic mass is 10.2. The lowest BCUT2D eigenvalue weighted by Gasteiger charge is -2.15. The van der Waals surface area contributed by atoms with Crippen molar-refractivity contribution in [3.8, 4) is 0 Å². The van der Waals surface area contributed by atoms with Crippen LogP contribution in [0, 0.1) is 0 Å². The van der Waals surface area contributed by atoms with Gasteiger partial charge in [0.15, 0.2) is 0 Å². The molecular formula is C11H16ClNO. The molecule has 1 rings (SSSR count). The highest BCUT2D eigenvalue weighted by atomic mass is 35.5. The third-order valence-corrected chi connectivity index (χ3v) is 2.27. The van der Waals surface area contributed by atoms with Crippen LogP contribution in [-0.2, 0) is 6.54 Å². The van der Waals surface area contributed by atoms with Gasteiger partial charge in [-0.1, -0.05) is 23.7 Å². The number of aliphatic hydroxyl groups excluding tert-OH is 1. The van der Waals surface area contributed by atoms with Crippen LogP contribution in [0.15, 0.2) is 24.3 Å². The molecule has 0 aliphatic rings. The van der Waals surface area contributed by atoms with Gasteiger partial charge in [0.1, 0.15) is 0 Å². The minimum absolute atomic E-state index is 0.250. The molecule has 2 nitrogen and oxygen atoms in total. The minimum atomic E-state index is 0.250. The summed E-state index contributed by atoms with van der Waals surface area (Å²) in [4.78, 5) is 2.17. The quantitative estimate of drug-likeness (QED) is 0.811. The number of hydrogen-bond donors (Lipinski definition) is 1. The Balaban J connectivity index is 2.43. The molecule has 1 N–H and O–H groups in total. The zero-order chi connectivity index (χ0) is 10.4. The molecule has 1 aromatic carbocycles. The zero-order valence-electron chi connectivity index (χ0n) is 8.41. The third-order valence-electron chi connectivity index (χ3n) is 2.04. The van der Waals surface area contributed by atoms with Crippen LogP contribution in [0.1, 0.15) is 12.0 Å². The predicted molar refractivity (Wildman–Crippen MR) is 59.5 cm³/mol. The van der Waals surface area contributed by atoms with Crippen molar-refractivity contribution in [2.24, 2.45) is 0 Å². The Morgan fingerprint density at radius 3 is 2.86 bits per heavy atom. The third kappa shape index (κ3) is 4.09. The Bertz CT molecular complexity index is 278. The van der Waals surface area contributed by atoms with Crippen molar-refractivity contribution in [1.29, 1.82) is 0 Å². The zero-order valence-corrected chi connectivity index (χ0v) is 9.17. The van der Waals surface area contributed by atoms with E-state index in [1.165, 1.54) is 5.56 Å². The first-order chi connectivity index (χ1) is 6.72. The summed E-state index contributed by atoms with van der Waals surface area (Å²) in [6.45, 7) is 2.03. The molecule has 3 heteroatoms. The molecule has 0 aliphatic carbocycles. The average Bonchev–Trinajstić information content (AvgIpc) is 2.15. The monoisotopic (exact) mass is 213 g/mol. The van der Waals surface area contributed by atoms with Crippen molar-refractivity contribution in [2.75, 3.05) is 20.2 Å². The fourth-order valence-electron chi connectivity index (χ4n) is 1.37. The van der Waals surface area contributed by atoms with E-state index >= 15 is 0 Å². The summed E-state index contributed by atoms with van der Waals surface area (Å²) < 4.78 is 0. The van der Waals surface area contributed by atoms with E-state index in [4.69, 9.17) is 16.7 Å². The number of hydrogen-bond acceptors (Lipinski definition) is 2. The second-order valence-electron chi connectivity index (χ2n) is 3.44. The van der Waals surface area contributed by atoms with Crippen molar-refractivity contribution in [1.82, 2.24) is 4.90 Å². The van der Waals surface area contributed by atoms with E-state index in [-0.39, 0.29) is 6.61 Å². The van der Waals surface area contributed by atoms with Gasteiger partial charge in [-0.3, -0.25) is 0 Å². The molecule has 0 saturated heterocycles. The summed E-state index contributed by atoms with van der Waals surface area (Å²) in [6, 6.07) is 7.86. The summed E-state index contributed by atoms with van der Waals surface area (Å²) in [5.41, 5.74) is 1.21. The number of aliphatic hydroxyl groups is 1. The molecule has 14 heavy (non-hydrogen) atoms. The standard InChI is InChI=1S/C11H16ClNO/c1-13(6-3-7-14)9-10-4-2-5-11(12)8-10/h2,4-5,8,14H,3,6-7,9H2,1H3. The van der Waals surface area contributed by atoms with E-state index in [1.807, 2.05) is 25.2 Å². The summed E-state index contributed by atoms with van der Waals surface area (Å²) >= 11 is 5.87. The van der Waals surface area contributed by atoms with E-state index in [1.54, 1.807) is 0 Å². The number of rotatable bonds is 5. The van der Waals surface area contributed by atoms with Gasteiger partial charge < -0.3 is 10.0 Å². The molecule has 0 fully saturated rings. The van der Waals surface area contributed by atoms with Gasteiger partial charge in [0.25, 0.3) is 0 Å². The van der Waals surface area contributed by atoms with Crippen LogP contribution in [0.2, 0.25) is 5.02 Å². The van der Waals surface area contributed by atoms with Gasteiger partial charge in [-0.2, -0.15) is 0 Å². The second-order valence-corrected chi connectivity index (χ2v) is 3.88. The Kier molecular flexibility index (Phi) is 4.94. The van der Waals surface area contributed by atoms with Gasteiger partial charge in [0.05, 0.1) is 0 Å². The lowest BCUT2D eigenvalue weighted by molar-refractivity contribution is 0.244. The van der Waals surface area contributed by atoms with Crippen LogP contribution in [0.3, 0.4) is 0 Å². The van der Waals surface area contributed by atoms with Crippen LogP contribution >= 0.6 is 11.6 Å². The predicted octanol–water partition coefficient (Wildman–Crippen LogP) is 2.15. The molecule has 0 aromatic heterocycles. The first-order valence-electron chi connectivity index (χ1n) is 4.76. The molecule has 0 aliphatic heterocycles. The van der Waals surface area contributed by atoms with Crippen LogP contribution in [0.5, 0.6) is 0 Å². The molecule has 78 valence electrons. The van der Waals surface area contributed by atoms with E-state index < -0.39 is 0 Å². The SMILES string of the molecule is CN(CCCO)Cc1cccc(Cl)c1. The highest BCUT2D eigenvalue weighted by Crippen LogP contribution is 2.11. The normalized spacial score (nSPS) is 10.9. The molecular weight excluding hydrogens is 198 g/mol. The van der Waals surface area contributed by atoms with Crippen molar-refractivity contribution in [3.05, 3.63) is 34.9 Å². The van der Waals surface area contributed by atoms with Crippen molar-refractivity contribution in [2.45, 2.75) is 13.0 Å². The Morgan fingerprint density at radius 2 is 2.21 bits per heavy atom. The highest BCUT2D eigenvalue weighted by Gasteiger charge is 1.99. The summed E-state index contributed by atoms with van der Waals surface area (Å²) in [6.07, 6.45) is 0.817. The van der Waals surface area contributed by atoms with Gasteiger partial charge in [-0.25, -0.2) is 0 Å². The van der Waals surface area contributed by atoms with Gasteiger partial charge in [-0.05, 0) is 31.2 Å². The molecule has 0 atom stereocenters. The van der Waals surface area contributed by atoms with E-state index in [9.17, 15) is 0 Å². The maximum Gasteiger partial charge on any atom is 0.0443 e. The Labute approximate surface area is 90.1 Å². The van der Waals surface area contributed by atoms with Gasteiger partial charge in [-0.15, -0.1) is 0 Å². The molecule has 0 amide bonds. The topological polar surface area (TPSA) is 23.5 Å². The van der Waals surface area contributed by atoms with Crippen LogP contribution in [0.4, 0.5) is 0 Å². The molecule has 0 unspecified atom stereocenters. The Hall–Kier alpha value is -0.570. The number of halogens is 1. The fraction of sp³-hybridized carbons (Fsp3) is 0.455. The molecule has 0 radical (unpaired) electrons. The van der Waals surface area contributed by atoms with E-state index in [0.717, 1.165) is 24.5 Å². The molecule has 0 heterocycles. The second kappa shape index (κ2) is 6.02. The maximum atomic E-state index is 8.68. The van der Waals surface area contributed by atoms with Gasteiger partial charge in [0.2, 0.25) is 0 Å².